The van der Waals surface area contributed by atoms with E-state index in [0.717, 1.165) is 24.8 Å². The molecule has 1 N–H and O–H groups in total. The summed E-state index contributed by atoms with van der Waals surface area (Å²) in [7, 11) is -3.69. The molecule has 26 heavy (non-hydrogen) atoms. The molecule has 0 bridgehead atoms. The minimum Gasteiger partial charge on any atom is -0.490 e. The van der Waals surface area contributed by atoms with Crippen LogP contribution in [0.2, 0.25) is 0 Å². The van der Waals surface area contributed by atoms with E-state index < -0.39 is 10.0 Å². The Hall–Kier alpha value is -2.54. The van der Waals surface area contributed by atoms with Gasteiger partial charge in [0.15, 0.2) is 0 Å². The fourth-order valence-corrected chi connectivity index (χ4v) is 4.64. The van der Waals surface area contributed by atoms with Crippen LogP contribution in [0.4, 0.5) is 11.4 Å². The summed E-state index contributed by atoms with van der Waals surface area (Å²) in [5.74, 6) is 0.472. The van der Waals surface area contributed by atoms with Crippen LogP contribution in [0.15, 0.2) is 41.3 Å². The van der Waals surface area contributed by atoms with E-state index in [0.29, 0.717) is 30.3 Å². The number of fused-ring (bicyclic) bond motifs is 2. The zero-order valence-corrected chi connectivity index (χ0v) is 15.3. The Balaban J connectivity index is 1.64. The van der Waals surface area contributed by atoms with Crippen molar-refractivity contribution in [2.24, 2.45) is 0 Å². The van der Waals surface area contributed by atoms with E-state index in [4.69, 9.17) is 4.74 Å². The molecular formula is C19H20N2O4S. The summed E-state index contributed by atoms with van der Waals surface area (Å²) in [6, 6.07) is 10.3. The highest BCUT2D eigenvalue weighted by atomic mass is 32.2. The number of rotatable bonds is 3. The van der Waals surface area contributed by atoms with Crippen LogP contribution >= 0.6 is 0 Å². The molecule has 1 aliphatic heterocycles. The molecule has 1 heterocycles. The van der Waals surface area contributed by atoms with Crippen LogP contribution in [-0.4, -0.2) is 27.5 Å². The number of carbonyl (C=O) groups is 1. The molecule has 0 fully saturated rings. The Morgan fingerprint density at radius 2 is 1.92 bits per heavy atom. The fourth-order valence-electron chi connectivity index (χ4n) is 3.54. The minimum absolute atomic E-state index is 0.104. The van der Waals surface area contributed by atoms with Gasteiger partial charge < -0.3 is 9.64 Å². The van der Waals surface area contributed by atoms with Crippen molar-refractivity contribution in [3.8, 4) is 5.75 Å². The predicted molar refractivity (Wildman–Crippen MR) is 99.2 cm³/mol. The van der Waals surface area contributed by atoms with Crippen molar-refractivity contribution in [3.05, 3.63) is 47.5 Å². The second-order valence-corrected chi connectivity index (χ2v) is 8.27. The van der Waals surface area contributed by atoms with E-state index in [9.17, 15) is 13.2 Å². The van der Waals surface area contributed by atoms with Gasteiger partial charge >= 0.3 is 0 Å². The molecule has 1 amide bonds. The van der Waals surface area contributed by atoms with Crippen LogP contribution < -0.4 is 14.4 Å². The number of amides is 1. The third kappa shape index (κ3) is 3.03. The molecule has 4 rings (SSSR count). The molecule has 0 radical (unpaired) electrons. The lowest BCUT2D eigenvalue weighted by atomic mass is 10.1. The summed E-state index contributed by atoms with van der Waals surface area (Å²) < 4.78 is 33.7. The summed E-state index contributed by atoms with van der Waals surface area (Å²) in [5, 5.41) is 0. The quantitative estimate of drug-likeness (QED) is 0.899. The fraction of sp³-hybridized carbons (Fsp3) is 0.316. The molecule has 136 valence electrons. The number of aryl methyl sites for hydroxylation is 2. The van der Waals surface area contributed by atoms with Gasteiger partial charge in [-0.15, -0.1) is 0 Å². The molecule has 0 spiro atoms. The second-order valence-electron chi connectivity index (χ2n) is 6.59. The predicted octanol–water partition coefficient (Wildman–Crippen LogP) is 2.72. The number of anilines is 2. The van der Waals surface area contributed by atoms with E-state index >= 15 is 0 Å². The highest BCUT2D eigenvalue weighted by molar-refractivity contribution is 7.92. The van der Waals surface area contributed by atoms with Gasteiger partial charge in [-0.3, -0.25) is 9.52 Å². The standard InChI is InChI=1S/C19H20N2O4S/c1-13(22)21-9-10-25-19-8-6-16(12-18(19)21)20-26(23,24)17-7-5-14-3-2-4-15(14)11-17/h5-8,11-12,20H,2-4,9-10H2,1H3. The first-order chi connectivity index (χ1) is 12.4. The molecule has 6 nitrogen and oxygen atoms in total. The average Bonchev–Trinajstić information content (AvgIpc) is 3.08. The number of nitrogens with zero attached hydrogens (tertiary/aromatic N) is 1. The maximum absolute atomic E-state index is 12.8. The number of benzene rings is 2. The van der Waals surface area contributed by atoms with E-state index in [1.807, 2.05) is 6.07 Å². The van der Waals surface area contributed by atoms with Gasteiger partial charge in [0.25, 0.3) is 10.0 Å². The lowest BCUT2D eigenvalue weighted by Gasteiger charge is -2.29. The summed E-state index contributed by atoms with van der Waals surface area (Å²) in [6.45, 7) is 2.35. The van der Waals surface area contributed by atoms with Gasteiger partial charge in [-0.1, -0.05) is 6.07 Å². The molecule has 2 aliphatic rings. The van der Waals surface area contributed by atoms with Crippen LogP contribution in [0, 0.1) is 0 Å². The number of carbonyl (C=O) groups excluding carboxylic acids is 1. The van der Waals surface area contributed by atoms with Crippen molar-refractivity contribution in [1.29, 1.82) is 0 Å². The van der Waals surface area contributed by atoms with Crippen LogP contribution in [0.1, 0.15) is 24.5 Å². The molecular weight excluding hydrogens is 352 g/mol. The van der Waals surface area contributed by atoms with E-state index in [1.54, 1.807) is 35.2 Å². The van der Waals surface area contributed by atoms with Crippen LogP contribution in [-0.2, 0) is 27.7 Å². The molecule has 0 saturated heterocycles. The number of sulfonamides is 1. The summed E-state index contributed by atoms with van der Waals surface area (Å²) in [4.78, 5) is 13.7. The van der Waals surface area contributed by atoms with Crippen molar-refractivity contribution < 1.29 is 17.9 Å². The van der Waals surface area contributed by atoms with Crippen molar-refractivity contribution in [2.75, 3.05) is 22.8 Å². The Morgan fingerprint density at radius 3 is 2.73 bits per heavy atom. The monoisotopic (exact) mass is 372 g/mol. The highest BCUT2D eigenvalue weighted by Gasteiger charge is 2.23. The molecule has 7 heteroatoms. The van der Waals surface area contributed by atoms with Crippen LogP contribution in [0.3, 0.4) is 0 Å². The lowest BCUT2D eigenvalue weighted by Crippen LogP contribution is -2.36. The van der Waals surface area contributed by atoms with Crippen molar-refractivity contribution in [1.82, 2.24) is 0 Å². The third-order valence-corrected chi connectivity index (χ3v) is 6.21. The molecule has 0 unspecified atom stereocenters. The summed E-state index contributed by atoms with van der Waals surface area (Å²) in [6.07, 6.45) is 3.00. The number of hydrogen-bond acceptors (Lipinski definition) is 4. The summed E-state index contributed by atoms with van der Waals surface area (Å²) >= 11 is 0. The van der Waals surface area contributed by atoms with Gasteiger partial charge in [0.2, 0.25) is 5.91 Å². The summed E-state index contributed by atoms with van der Waals surface area (Å²) in [5.41, 5.74) is 3.32. The maximum Gasteiger partial charge on any atom is 0.261 e. The maximum atomic E-state index is 12.8. The Morgan fingerprint density at radius 1 is 1.12 bits per heavy atom. The largest absolute Gasteiger partial charge is 0.490 e. The normalized spacial score (nSPS) is 15.8. The van der Waals surface area contributed by atoms with Crippen molar-refractivity contribution in [3.63, 3.8) is 0 Å². The number of hydrogen-bond donors (Lipinski definition) is 1. The van der Waals surface area contributed by atoms with E-state index in [-0.39, 0.29) is 10.8 Å². The zero-order valence-electron chi connectivity index (χ0n) is 14.5. The van der Waals surface area contributed by atoms with Crippen molar-refractivity contribution in [2.45, 2.75) is 31.1 Å². The van der Waals surface area contributed by atoms with Gasteiger partial charge in [0.05, 0.1) is 22.8 Å². The van der Waals surface area contributed by atoms with E-state index in [1.165, 1.54) is 12.5 Å². The van der Waals surface area contributed by atoms with Gasteiger partial charge in [0.1, 0.15) is 12.4 Å². The molecule has 0 saturated carbocycles. The zero-order chi connectivity index (χ0) is 18.3. The van der Waals surface area contributed by atoms with E-state index in [2.05, 4.69) is 4.72 Å². The van der Waals surface area contributed by atoms with Crippen LogP contribution in [0.25, 0.3) is 0 Å². The van der Waals surface area contributed by atoms with Gasteiger partial charge in [-0.2, -0.15) is 0 Å². The smallest absolute Gasteiger partial charge is 0.261 e. The first-order valence-electron chi connectivity index (χ1n) is 8.64. The highest BCUT2D eigenvalue weighted by Crippen LogP contribution is 2.35. The molecule has 1 aliphatic carbocycles. The van der Waals surface area contributed by atoms with Gasteiger partial charge in [0, 0.05) is 6.92 Å². The number of nitrogens with one attached hydrogen (secondary N) is 1. The molecule has 2 aromatic carbocycles. The topological polar surface area (TPSA) is 75.7 Å². The Labute approximate surface area is 152 Å². The molecule has 0 atom stereocenters. The minimum atomic E-state index is -3.69. The Kier molecular flexibility index (Phi) is 4.11. The van der Waals surface area contributed by atoms with Crippen LogP contribution in [0.5, 0.6) is 5.75 Å². The first-order valence-corrected chi connectivity index (χ1v) is 10.1. The van der Waals surface area contributed by atoms with Gasteiger partial charge in [-0.05, 0) is 60.7 Å². The SMILES string of the molecule is CC(=O)N1CCOc2ccc(NS(=O)(=O)c3ccc4c(c3)CCC4)cc21. The first kappa shape index (κ1) is 16.9. The average molecular weight is 372 g/mol. The molecule has 0 aromatic heterocycles. The molecule has 2 aromatic rings. The lowest BCUT2D eigenvalue weighted by molar-refractivity contribution is -0.116. The third-order valence-electron chi connectivity index (χ3n) is 4.83. The Bertz CT molecular complexity index is 985. The second kappa shape index (κ2) is 6.32. The van der Waals surface area contributed by atoms with Crippen molar-refractivity contribution >= 4 is 27.3 Å². The number of ether oxygens (including phenoxy) is 1. The van der Waals surface area contributed by atoms with Gasteiger partial charge in [-0.25, -0.2) is 8.42 Å².